The van der Waals surface area contributed by atoms with E-state index in [0.717, 1.165) is 77.0 Å². The summed E-state index contributed by atoms with van der Waals surface area (Å²) in [7, 11) is 0. The summed E-state index contributed by atoms with van der Waals surface area (Å²) in [6.07, 6.45) is 91.0. The van der Waals surface area contributed by atoms with Crippen LogP contribution in [0.5, 0.6) is 0 Å². The zero-order valence-electron chi connectivity index (χ0n) is 54.1. The molecule has 0 aliphatic carbocycles. The number of carbonyl (C=O) groups excluding carboxylic acids is 3. The molecule has 0 aromatic carbocycles. The van der Waals surface area contributed by atoms with Crippen LogP contribution < -0.4 is 0 Å². The van der Waals surface area contributed by atoms with Gasteiger partial charge in [-0.1, -0.05) is 363 Å². The largest absolute Gasteiger partial charge is 0.462 e. The Kier molecular flexibility index (Phi) is 66.6. The van der Waals surface area contributed by atoms with Gasteiger partial charge >= 0.3 is 17.9 Å². The first-order valence-corrected chi connectivity index (χ1v) is 35.4. The van der Waals surface area contributed by atoms with Crippen LogP contribution in [-0.4, -0.2) is 37.2 Å². The lowest BCUT2D eigenvalue weighted by Crippen LogP contribution is -2.30. The summed E-state index contributed by atoms with van der Waals surface area (Å²) in [6.45, 7) is 6.53. The normalized spacial score (nSPS) is 12.5. The van der Waals surface area contributed by atoms with Crippen molar-refractivity contribution in [2.75, 3.05) is 13.2 Å². The number of unbranched alkanes of at least 4 members (excludes halogenated alkanes) is 42. The SMILES string of the molecule is CC/C=C\C/C=C\C/C=C\C/C=C\C/C=C\C/C=C\CCC(=O)OC(COC(=O)CCCCCCCCCCCCCCCCCC)COC(=O)CCCCCCCCCCCCCCCCCCCCCCCCCCCCCC. The number of hydrogen-bond donors (Lipinski definition) is 0. The molecule has 1 unspecified atom stereocenters. The second kappa shape index (κ2) is 69.3. The van der Waals surface area contributed by atoms with E-state index in [1.54, 1.807) is 0 Å². The van der Waals surface area contributed by atoms with Gasteiger partial charge in [-0.25, -0.2) is 0 Å². The number of hydrogen-bond acceptors (Lipinski definition) is 6. The maximum atomic E-state index is 12.9. The summed E-state index contributed by atoms with van der Waals surface area (Å²) >= 11 is 0. The summed E-state index contributed by atoms with van der Waals surface area (Å²) in [4.78, 5) is 38.4. The molecule has 0 spiro atoms. The zero-order valence-corrected chi connectivity index (χ0v) is 54.1. The van der Waals surface area contributed by atoms with Crippen LogP contribution in [0.2, 0.25) is 0 Å². The van der Waals surface area contributed by atoms with Crippen molar-refractivity contribution in [2.45, 2.75) is 374 Å². The van der Waals surface area contributed by atoms with E-state index in [9.17, 15) is 14.4 Å². The molecule has 0 saturated heterocycles. The van der Waals surface area contributed by atoms with Crippen molar-refractivity contribution in [2.24, 2.45) is 0 Å². The molecule has 0 aliphatic rings. The summed E-state index contributed by atoms with van der Waals surface area (Å²) < 4.78 is 16.9. The highest BCUT2D eigenvalue weighted by atomic mass is 16.6. The third-order valence-corrected chi connectivity index (χ3v) is 15.7. The van der Waals surface area contributed by atoms with E-state index in [4.69, 9.17) is 14.2 Å². The Bertz CT molecular complexity index is 1490. The number of carbonyl (C=O) groups is 3. The van der Waals surface area contributed by atoms with E-state index < -0.39 is 6.10 Å². The molecule has 0 N–H and O–H groups in total. The molecule has 0 heterocycles. The van der Waals surface area contributed by atoms with Crippen molar-refractivity contribution >= 4 is 17.9 Å². The van der Waals surface area contributed by atoms with E-state index in [-0.39, 0.29) is 37.5 Å². The summed E-state index contributed by atoms with van der Waals surface area (Å²) in [5, 5.41) is 0. The molecule has 0 fully saturated rings. The van der Waals surface area contributed by atoms with Gasteiger partial charge in [-0.2, -0.15) is 0 Å². The Morgan fingerprint density at radius 1 is 0.259 bits per heavy atom. The minimum Gasteiger partial charge on any atom is -0.462 e. The molecule has 0 aromatic heterocycles. The van der Waals surface area contributed by atoms with Crippen molar-refractivity contribution in [1.29, 1.82) is 0 Å². The van der Waals surface area contributed by atoms with E-state index in [0.29, 0.717) is 19.3 Å². The molecule has 0 aliphatic heterocycles. The highest BCUT2D eigenvalue weighted by Crippen LogP contribution is 2.18. The second-order valence-corrected chi connectivity index (χ2v) is 23.8. The van der Waals surface area contributed by atoms with E-state index in [1.165, 1.54) is 244 Å². The molecule has 81 heavy (non-hydrogen) atoms. The minimum absolute atomic E-state index is 0.101. The lowest BCUT2D eigenvalue weighted by atomic mass is 10.0. The molecule has 0 rings (SSSR count). The molecule has 0 aromatic rings. The average Bonchev–Trinajstić information content (AvgIpc) is 3.47. The lowest BCUT2D eigenvalue weighted by Gasteiger charge is -2.18. The standard InChI is InChI=1S/C75H134O6/c1-4-7-10-13-16-19-22-25-28-31-33-34-35-36-37-38-39-40-41-43-44-47-50-53-56-59-62-65-68-74(77)80-71-72(70-79-73(76)67-64-61-58-55-52-49-46-30-27-24-21-18-15-12-9-6-3)81-75(78)69-66-63-60-57-54-51-48-45-42-32-29-26-23-20-17-14-11-8-5-2/h8,11,17,20,26,29,42,45,51,54,60,63,72H,4-7,9-10,12-16,18-19,21-25,27-28,30-41,43-44,46-50,52-53,55-59,61-62,64-71H2,1-3H3/b11-8-,20-17-,29-26-,45-42-,54-51-,63-60-. The molecular weight excluding hydrogens is 997 g/mol. The molecule has 0 radical (unpaired) electrons. The number of allylic oxidation sites excluding steroid dienone is 12. The molecule has 0 amide bonds. The molecule has 1 atom stereocenters. The van der Waals surface area contributed by atoms with Gasteiger partial charge in [0.05, 0.1) is 0 Å². The fourth-order valence-electron chi connectivity index (χ4n) is 10.5. The van der Waals surface area contributed by atoms with Gasteiger partial charge in [-0.15, -0.1) is 0 Å². The van der Waals surface area contributed by atoms with Crippen LogP contribution in [0.3, 0.4) is 0 Å². The average molecular weight is 1130 g/mol. The molecule has 0 bridgehead atoms. The second-order valence-electron chi connectivity index (χ2n) is 23.8. The zero-order chi connectivity index (χ0) is 58.5. The van der Waals surface area contributed by atoms with Crippen molar-refractivity contribution in [3.63, 3.8) is 0 Å². The Morgan fingerprint density at radius 3 is 0.728 bits per heavy atom. The molecular formula is C75H134O6. The fourth-order valence-corrected chi connectivity index (χ4v) is 10.5. The van der Waals surface area contributed by atoms with Gasteiger partial charge in [0.25, 0.3) is 0 Å². The molecule has 470 valence electrons. The van der Waals surface area contributed by atoms with Crippen molar-refractivity contribution in [1.82, 2.24) is 0 Å². The molecule has 6 nitrogen and oxygen atoms in total. The van der Waals surface area contributed by atoms with Crippen LogP contribution in [0.1, 0.15) is 367 Å². The Labute approximate surface area is 503 Å². The van der Waals surface area contributed by atoms with Gasteiger partial charge in [0, 0.05) is 19.3 Å². The third kappa shape index (κ3) is 67.5. The minimum atomic E-state index is -0.815. The monoisotopic (exact) mass is 1130 g/mol. The maximum absolute atomic E-state index is 12.9. The van der Waals surface area contributed by atoms with Crippen molar-refractivity contribution in [3.05, 3.63) is 72.9 Å². The van der Waals surface area contributed by atoms with Crippen molar-refractivity contribution < 1.29 is 28.6 Å². The number of esters is 3. The summed E-state index contributed by atoms with van der Waals surface area (Å²) in [5.41, 5.74) is 0. The first-order chi connectivity index (χ1) is 40.0. The van der Waals surface area contributed by atoms with Gasteiger partial charge in [-0.05, 0) is 57.8 Å². The van der Waals surface area contributed by atoms with Crippen molar-refractivity contribution in [3.8, 4) is 0 Å². The number of rotatable bonds is 65. The van der Waals surface area contributed by atoms with E-state index in [1.807, 2.05) is 6.08 Å². The Balaban J connectivity index is 4.32. The van der Waals surface area contributed by atoms with Crippen LogP contribution in [0.4, 0.5) is 0 Å². The predicted octanol–water partition coefficient (Wildman–Crippen LogP) is 24.4. The maximum Gasteiger partial charge on any atom is 0.306 e. The van der Waals surface area contributed by atoms with Gasteiger partial charge in [-0.3, -0.25) is 14.4 Å². The fraction of sp³-hybridized carbons (Fsp3) is 0.800. The van der Waals surface area contributed by atoms with Gasteiger partial charge in [0.1, 0.15) is 13.2 Å². The molecule has 0 saturated carbocycles. The topological polar surface area (TPSA) is 78.9 Å². The highest BCUT2D eigenvalue weighted by Gasteiger charge is 2.19. The van der Waals surface area contributed by atoms with Gasteiger partial charge in [0.2, 0.25) is 0 Å². The van der Waals surface area contributed by atoms with Crippen LogP contribution in [-0.2, 0) is 28.6 Å². The van der Waals surface area contributed by atoms with Crippen LogP contribution in [0.15, 0.2) is 72.9 Å². The van der Waals surface area contributed by atoms with E-state index in [2.05, 4.69) is 87.6 Å². The predicted molar refractivity (Wildman–Crippen MR) is 353 cm³/mol. The Hall–Kier alpha value is -3.15. The van der Waals surface area contributed by atoms with E-state index >= 15 is 0 Å². The molecule has 6 heteroatoms. The summed E-state index contributed by atoms with van der Waals surface area (Å²) in [6, 6.07) is 0. The number of ether oxygens (including phenoxy) is 3. The quantitative estimate of drug-likeness (QED) is 0.0261. The first-order valence-electron chi connectivity index (χ1n) is 35.4. The van der Waals surface area contributed by atoms with Gasteiger partial charge in [0.15, 0.2) is 6.10 Å². The van der Waals surface area contributed by atoms with Gasteiger partial charge < -0.3 is 14.2 Å². The smallest absolute Gasteiger partial charge is 0.306 e. The summed E-state index contributed by atoms with van der Waals surface area (Å²) in [5.74, 6) is -0.963. The first kappa shape index (κ1) is 77.9. The Morgan fingerprint density at radius 2 is 0.481 bits per heavy atom. The third-order valence-electron chi connectivity index (χ3n) is 15.7. The lowest BCUT2D eigenvalue weighted by molar-refractivity contribution is -0.166. The highest BCUT2D eigenvalue weighted by molar-refractivity contribution is 5.71. The van der Waals surface area contributed by atoms with Crippen LogP contribution >= 0.6 is 0 Å². The van der Waals surface area contributed by atoms with Crippen LogP contribution in [0.25, 0.3) is 0 Å². The van der Waals surface area contributed by atoms with Crippen LogP contribution in [0, 0.1) is 0 Å².